The molecule has 0 aliphatic heterocycles. The standard InChI is InChI=1S/C12H18N2O4S2/c1-19-9-4-3-8-13-10-6-5-7-11(20(2,17)18)12(10)14(15)16/h5-7,13H,3-4,8-9H2,1-2H3. The third kappa shape index (κ3) is 4.68. The molecule has 8 heteroatoms. The van der Waals surface area contributed by atoms with Crippen LogP contribution in [0.15, 0.2) is 23.1 Å². The van der Waals surface area contributed by atoms with Crippen LogP contribution in [0.4, 0.5) is 11.4 Å². The van der Waals surface area contributed by atoms with E-state index in [0.29, 0.717) is 6.54 Å². The summed E-state index contributed by atoms with van der Waals surface area (Å²) in [5.41, 5.74) is -0.123. The first-order valence-corrected chi connectivity index (χ1v) is 9.36. The zero-order chi connectivity index (χ0) is 15.2. The normalized spacial score (nSPS) is 11.3. The SMILES string of the molecule is CSCCCCNc1cccc(S(C)(=O)=O)c1[N+](=O)[O-]. The summed E-state index contributed by atoms with van der Waals surface area (Å²) in [5, 5.41) is 14.1. The molecule has 0 spiro atoms. The van der Waals surface area contributed by atoms with E-state index in [4.69, 9.17) is 0 Å². The van der Waals surface area contributed by atoms with Crippen molar-refractivity contribution in [2.24, 2.45) is 0 Å². The maximum Gasteiger partial charge on any atom is 0.310 e. The average molecular weight is 318 g/mol. The number of hydrogen-bond acceptors (Lipinski definition) is 6. The zero-order valence-electron chi connectivity index (χ0n) is 11.5. The van der Waals surface area contributed by atoms with Gasteiger partial charge in [-0.1, -0.05) is 6.07 Å². The Labute approximate surface area is 123 Å². The summed E-state index contributed by atoms with van der Waals surface area (Å²) in [6.45, 7) is 0.578. The minimum atomic E-state index is -3.63. The lowest BCUT2D eigenvalue weighted by molar-refractivity contribution is -0.386. The van der Waals surface area contributed by atoms with Crippen LogP contribution < -0.4 is 5.32 Å². The van der Waals surface area contributed by atoms with E-state index in [2.05, 4.69) is 5.32 Å². The van der Waals surface area contributed by atoms with Crippen molar-refractivity contribution in [3.8, 4) is 0 Å². The highest BCUT2D eigenvalue weighted by atomic mass is 32.2. The predicted octanol–water partition coefficient (Wildman–Crippen LogP) is 2.55. The van der Waals surface area contributed by atoms with Crippen molar-refractivity contribution in [1.82, 2.24) is 0 Å². The minimum absolute atomic E-state index is 0.252. The largest absolute Gasteiger partial charge is 0.379 e. The highest BCUT2D eigenvalue weighted by Gasteiger charge is 2.25. The lowest BCUT2D eigenvalue weighted by Gasteiger charge is -2.09. The molecule has 0 saturated heterocycles. The number of para-hydroxylation sites is 1. The third-order valence-corrected chi connectivity index (χ3v) is 4.50. The molecule has 0 unspecified atom stereocenters. The summed E-state index contributed by atoms with van der Waals surface area (Å²) >= 11 is 1.75. The number of unbranched alkanes of at least 4 members (excludes halogenated alkanes) is 1. The quantitative estimate of drug-likeness (QED) is 0.450. The van der Waals surface area contributed by atoms with Crippen molar-refractivity contribution >= 4 is 33.0 Å². The number of thioether (sulfide) groups is 1. The molecule has 0 aliphatic carbocycles. The van der Waals surface area contributed by atoms with Crippen LogP contribution in [0.1, 0.15) is 12.8 Å². The van der Waals surface area contributed by atoms with Gasteiger partial charge in [0.15, 0.2) is 9.84 Å². The molecule has 0 aromatic heterocycles. The molecule has 1 N–H and O–H groups in total. The van der Waals surface area contributed by atoms with Crippen molar-refractivity contribution in [2.45, 2.75) is 17.7 Å². The highest BCUT2D eigenvalue weighted by Crippen LogP contribution is 2.31. The monoisotopic (exact) mass is 318 g/mol. The molecule has 0 heterocycles. The molecule has 1 aromatic rings. The fourth-order valence-corrected chi connectivity index (χ4v) is 3.10. The van der Waals surface area contributed by atoms with Crippen LogP contribution in [0.3, 0.4) is 0 Å². The molecular formula is C12H18N2O4S2. The molecule has 1 rings (SSSR count). The summed E-state index contributed by atoms with van der Waals surface area (Å²) in [6.07, 6.45) is 4.88. The Morgan fingerprint density at radius 3 is 2.60 bits per heavy atom. The average Bonchev–Trinajstić information content (AvgIpc) is 2.37. The second kappa shape index (κ2) is 7.49. The summed E-state index contributed by atoms with van der Waals surface area (Å²) in [5.74, 6) is 1.03. The van der Waals surface area contributed by atoms with Crippen LogP contribution in [-0.2, 0) is 9.84 Å². The van der Waals surface area contributed by atoms with Gasteiger partial charge in [0.25, 0.3) is 0 Å². The Hall–Kier alpha value is -1.28. The van der Waals surface area contributed by atoms with Gasteiger partial charge in [-0.3, -0.25) is 10.1 Å². The van der Waals surface area contributed by atoms with Crippen LogP contribution in [0.2, 0.25) is 0 Å². The van der Waals surface area contributed by atoms with Gasteiger partial charge in [-0.05, 0) is 37.0 Å². The van der Waals surface area contributed by atoms with Crippen LogP contribution >= 0.6 is 11.8 Å². The maximum atomic E-state index is 11.6. The van der Waals surface area contributed by atoms with Gasteiger partial charge in [0.1, 0.15) is 10.6 Å². The lowest BCUT2D eigenvalue weighted by Crippen LogP contribution is -2.08. The van der Waals surface area contributed by atoms with Crippen LogP contribution in [-0.4, -0.2) is 38.2 Å². The van der Waals surface area contributed by atoms with E-state index < -0.39 is 14.8 Å². The van der Waals surface area contributed by atoms with Crippen LogP contribution in [0, 0.1) is 10.1 Å². The molecule has 0 aliphatic rings. The second-order valence-electron chi connectivity index (χ2n) is 4.31. The van der Waals surface area contributed by atoms with E-state index in [1.165, 1.54) is 18.2 Å². The molecule has 20 heavy (non-hydrogen) atoms. The molecule has 6 nitrogen and oxygen atoms in total. The van der Waals surface area contributed by atoms with Crippen molar-refractivity contribution < 1.29 is 13.3 Å². The second-order valence-corrected chi connectivity index (χ2v) is 7.28. The summed E-state index contributed by atoms with van der Waals surface area (Å²) in [7, 11) is -3.63. The number of nitrogens with zero attached hydrogens (tertiary/aromatic N) is 1. The number of benzene rings is 1. The lowest BCUT2D eigenvalue weighted by atomic mass is 10.2. The first-order chi connectivity index (χ1) is 9.38. The number of nitro benzene ring substituents is 1. The predicted molar refractivity (Wildman–Crippen MR) is 82.3 cm³/mol. The molecular weight excluding hydrogens is 300 g/mol. The van der Waals surface area contributed by atoms with Gasteiger partial charge in [0.2, 0.25) is 0 Å². The van der Waals surface area contributed by atoms with E-state index in [0.717, 1.165) is 24.9 Å². The van der Waals surface area contributed by atoms with Gasteiger partial charge in [-0.2, -0.15) is 11.8 Å². The Morgan fingerprint density at radius 1 is 1.35 bits per heavy atom. The van der Waals surface area contributed by atoms with Gasteiger partial charge >= 0.3 is 5.69 Å². The molecule has 0 fully saturated rings. The van der Waals surface area contributed by atoms with Gasteiger partial charge in [0.05, 0.1) is 4.92 Å². The first-order valence-electron chi connectivity index (χ1n) is 6.08. The number of anilines is 1. The molecule has 1 aromatic carbocycles. The van der Waals surface area contributed by atoms with E-state index in [9.17, 15) is 18.5 Å². The summed E-state index contributed by atoms with van der Waals surface area (Å²) in [6, 6.07) is 4.29. The Morgan fingerprint density at radius 2 is 2.05 bits per heavy atom. The fraction of sp³-hybridized carbons (Fsp3) is 0.500. The van der Waals surface area contributed by atoms with Crippen molar-refractivity contribution in [1.29, 1.82) is 0 Å². The van der Waals surface area contributed by atoms with Crippen molar-refractivity contribution in [3.63, 3.8) is 0 Å². The number of rotatable bonds is 8. The van der Waals surface area contributed by atoms with E-state index in [1.807, 2.05) is 6.26 Å². The molecule has 0 bridgehead atoms. The molecule has 0 amide bonds. The Kier molecular flexibility index (Phi) is 6.28. The van der Waals surface area contributed by atoms with Crippen LogP contribution in [0.5, 0.6) is 0 Å². The number of sulfone groups is 1. The van der Waals surface area contributed by atoms with E-state index >= 15 is 0 Å². The number of hydrogen-bond donors (Lipinski definition) is 1. The smallest absolute Gasteiger partial charge is 0.310 e. The topological polar surface area (TPSA) is 89.3 Å². The number of nitro groups is 1. The van der Waals surface area contributed by atoms with Crippen molar-refractivity contribution in [2.75, 3.05) is 30.1 Å². The first kappa shape index (κ1) is 16.8. The number of nitrogens with one attached hydrogen (secondary N) is 1. The summed E-state index contributed by atoms with van der Waals surface area (Å²) < 4.78 is 23.2. The maximum absolute atomic E-state index is 11.6. The molecule has 112 valence electrons. The van der Waals surface area contributed by atoms with Gasteiger partial charge in [-0.25, -0.2) is 8.42 Å². The van der Waals surface area contributed by atoms with Gasteiger partial charge < -0.3 is 5.32 Å². The fourth-order valence-electron chi connectivity index (χ4n) is 1.75. The molecule has 0 radical (unpaired) electrons. The van der Waals surface area contributed by atoms with E-state index in [-0.39, 0.29) is 16.3 Å². The third-order valence-electron chi connectivity index (χ3n) is 2.67. The summed E-state index contributed by atoms with van der Waals surface area (Å²) in [4.78, 5) is 10.2. The van der Waals surface area contributed by atoms with Gasteiger partial charge in [-0.15, -0.1) is 0 Å². The molecule has 0 atom stereocenters. The molecule has 0 saturated carbocycles. The highest BCUT2D eigenvalue weighted by molar-refractivity contribution is 7.98. The van der Waals surface area contributed by atoms with E-state index in [1.54, 1.807) is 11.8 Å². The van der Waals surface area contributed by atoms with Gasteiger partial charge in [0, 0.05) is 12.8 Å². The zero-order valence-corrected chi connectivity index (χ0v) is 13.1. The van der Waals surface area contributed by atoms with Crippen molar-refractivity contribution in [3.05, 3.63) is 28.3 Å². The minimum Gasteiger partial charge on any atom is -0.379 e. The van der Waals surface area contributed by atoms with Crippen LogP contribution in [0.25, 0.3) is 0 Å². The Bertz CT molecular complexity index is 573. The Balaban J connectivity index is 2.94.